The molecule has 0 saturated heterocycles. The van der Waals surface area contributed by atoms with Crippen LogP contribution in [0.4, 0.5) is 5.69 Å². The number of benzene rings is 2. The van der Waals surface area contributed by atoms with Crippen LogP contribution in [0.5, 0.6) is 0 Å². The zero-order valence-electron chi connectivity index (χ0n) is 10.4. The molecule has 0 aliphatic carbocycles. The quantitative estimate of drug-likeness (QED) is 0.888. The van der Waals surface area contributed by atoms with Crippen molar-refractivity contribution >= 4 is 44.9 Å². The van der Waals surface area contributed by atoms with Gasteiger partial charge in [-0.05, 0) is 36.4 Å². The predicted octanol–water partition coefficient (Wildman–Crippen LogP) is 3.49. The molecule has 2 rings (SSSR count). The number of hydrogen-bond acceptors (Lipinski definition) is 3. The Morgan fingerprint density at radius 1 is 1.05 bits per heavy atom. The summed E-state index contributed by atoms with van der Waals surface area (Å²) in [5.74, 6) is -1.15. The average molecular weight is 346 g/mol. The summed E-state index contributed by atoms with van der Waals surface area (Å²) in [6.45, 7) is 0. The van der Waals surface area contributed by atoms with Crippen molar-refractivity contribution in [1.82, 2.24) is 0 Å². The molecular weight excluding hydrogens is 337 g/mol. The van der Waals surface area contributed by atoms with Crippen molar-refractivity contribution in [1.29, 1.82) is 0 Å². The third-order valence-electron chi connectivity index (χ3n) is 2.56. The first-order chi connectivity index (χ1) is 9.79. The Hall–Kier alpha value is -1.76. The van der Waals surface area contributed by atoms with Crippen molar-refractivity contribution < 1.29 is 18.3 Å². The van der Waals surface area contributed by atoms with Crippen LogP contribution in [-0.2, 0) is 10.0 Å². The Balaban J connectivity index is 2.35. The normalized spacial score (nSPS) is 11.1. The van der Waals surface area contributed by atoms with Gasteiger partial charge in [0.15, 0.2) is 0 Å². The Morgan fingerprint density at radius 3 is 2.38 bits per heavy atom. The van der Waals surface area contributed by atoms with Gasteiger partial charge >= 0.3 is 5.97 Å². The van der Waals surface area contributed by atoms with Crippen LogP contribution in [0.15, 0.2) is 47.4 Å². The molecule has 0 saturated carbocycles. The number of aromatic carboxylic acids is 1. The minimum atomic E-state index is -3.88. The first-order valence-electron chi connectivity index (χ1n) is 5.61. The van der Waals surface area contributed by atoms with Gasteiger partial charge in [0.2, 0.25) is 0 Å². The van der Waals surface area contributed by atoms with Gasteiger partial charge in [-0.3, -0.25) is 4.72 Å². The predicted molar refractivity (Wildman–Crippen MR) is 80.7 cm³/mol. The number of carbonyl (C=O) groups is 1. The van der Waals surface area contributed by atoms with E-state index in [4.69, 9.17) is 28.3 Å². The molecule has 8 heteroatoms. The molecule has 21 heavy (non-hydrogen) atoms. The van der Waals surface area contributed by atoms with E-state index in [1.54, 1.807) is 0 Å². The number of rotatable bonds is 4. The van der Waals surface area contributed by atoms with Gasteiger partial charge in [-0.2, -0.15) is 0 Å². The van der Waals surface area contributed by atoms with Gasteiger partial charge in [0.05, 0.1) is 20.5 Å². The lowest BCUT2D eigenvalue weighted by Gasteiger charge is -2.09. The van der Waals surface area contributed by atoms with E-state index in [0.29, 0.717) is 0 Å². The summed E-state index contributed by atoms with van der Waals surface area (Å²) in [7, 11) is -3.88. The molecule has 2 aromatic rings. The molecule has 2 N–H and O–H groups in total. The fraction of sp³-hybridized carbons (Fsp3) is 0. The van der Waals surface area contributed by atoms with Crippen molar-refractivity contribution in [3.05, 3.63) is 58.1 Å². The van der Waals surface area contributed by atoms with Gasteiger partial charge in [0, 0.05) is 5.69 Å². The van der Waals surface area contributed by atoms with E-state index < -0.39 is 16.0 Å². The Bertz CT molecular complexity index is 806. The highest BCUT2D eigenvalue weighted by molar-refractivity contribution is 7.92. The van der Waals surface area contributed by atoms with Crippen molar-refractivity contribution in [2.45, 2.75) is 4.90 Å². The fourth-order valence-electron chi connectivity index (χ4n) is 1.57. The van der Waals surface area contributed by atoms with Crippen LogP contribution in [0, 0.1) is 0 Å². The second-order valence-electron chi connectivity index (χ2n) is 4.07. The third kappa shape index (κ3) is 3.66. The van der Waals surface area contributed by atoms with Gasteiger partial charge < -0.3 is 5.11 Å². The second-order valence-corrected chi connectivity index (χ2v) is 6.56. The van der Waals surface area contributed by atoms with Crippen molar-refractivity contribution in [3.8, 4) is 0 Å². The molecule has 0 aliphatic heterocycles. The third-order valence-corrected chi connectivity index (χ3v) is 4.68. The standard InChI is InChI=1S/C13H9Cl2NO4S/c14-11-5-4-10(7-12(11)15)21(19,20)16-9-3-1-2-8(6-9)13(17)18/h1-7,16H,(H,17,18). The van der Waals surface area contributed by atoms with E-state index >= 15 is 0 Å². The van der Waals surface area contributed by atoms with Crippen LogP contribution in [0.2, 0.25) is 10.0 Å². The number of hydrogen-bond donors (Lipinski definition) is 2. The summed E-state index contributed by atoms with van der Waals surface area (Å²) < 4.78 is 26.7. The van der Waals surface area contributed by atoms with E-state index in [9.17, 15) is 13.2 Å². The molecule has 0 bridgehead atoms. The minimum absolute atomic E-state index is 0.0238. The number of carboxylic acid groups (broad SMARTS) is 1. The van der Waals surface area contributed by atoms with Crippen molar-refractivity contribution in [3.63, 3.8) is 0 Å². The Morgan fingerprint density at radius 2 is 1.76 bits per heavy atom. The van der Waals surface area contributed by atoms with Crippen LogP contribution in [0.3, 0.4) is 0 Å². The molecule has 110 valence electrons. The van der Waals surface area contributed by atoms with E-state index in [1.165, 1.54) is 42.5 Å². The summed E-state index contributed by atoms with van der Waals surface area (Å²) in [6, 6.07) is 9.35. The minimum Gasteiger partial charge on any atom is -0.478 e. The van der Waals surface area contributed by atoms with Gasteiger partial charge in [0.1, 0.15) is 0 Å². The van der Waals surface area contributed by atoms with Crippen LogP contribution in [0.25, 0.3) is 0 Å². The molecule has 0 fully saturated rings. The fourth-order valence-corrected chi connectivity index (χ4v) is 3.01. The summed E-state index contributed by atoms with van der Waals surface area (Å²) in [5, 5.41) is 9.23. The lowest BCUT2D eigenvalue weighted by atomic mass is 10.2. The smallest absolute Gasteiger partial charge is 0.335 e. The number of carboxylic acids is 1. The monoisotopic (exact) mass is 345 g/mol. The Labute approximate surface area is 131 Å². The molecule has 2 aromatic carbocycles. The molecule has 0 heterocycles. The molecule has 0 radical (unpaired) electrons. The number of sulfonamides is 1. The number of nitrogens with one attached hydrogen (secondary N) is 1. The van der Waals surface area contributed by atoms with Gasteiger partial charge in [-0.1, -0.05) is 29.3 Å². The molecule has 0 aromatic heterocycles. The Kier molecular flexibility index (Phi) is 4.41. The zero-order valence-corrected chi connectivity index (χ0v) is 12.7. The average Bonchev–Trinajstić information content (AvgIpc) is 2.41. The number of anilines is 1. The summed E-state index contributed by atoms with van der Waals surface area (Å²) in [6.07, 6.45) is 0. The van der Waals surface area contributed by atoms with Crippen LogP contribution < -0.4 is 4.72 Å². The molecule has 0 unspecified atom stereocenters. The SMILES string of the molecule is O=C(O)c1cccc(NS(=O)(=O)c2ccc(Cl)c(Cl)c2)c1. The van der Waals surface area contributed by atoms with Gasteiger partial charge in [-0.25, -0.2) is 13.2 Å². The van der Waals surface area contributed by atoms with Crippen molar-refractivity contribution in [2.24, 2.45) is 0 Å². The summed E-state index contributed by atoms with van der Waals surface area (Å²) in [4.78, 5) is 10.8. The maximum absolute atomic E-state index is 12.2. The summed E-state index contributed by atoms with van der Waals surface area (Å²) >= 11 is 11.5. The van der Waals surface area contributed by atoms with Gasteiger partial charge in [-0.15, -0.1) is 0 Å². The zero-order chi connectivity index (χ0) is 15.6. The second kappa shape index (κ2) is 5.93. The highest BCUT2D eigenvalue weighted by Crippen LogP contribution is 2.26. The molecule has 0 spiro atoms. The lowest BCUT2D eigenvalue weighted by Crippen LogP contribution is -2.13. The first-order valence-corrected chi connectivity index (χ1v) is 7.85. The molecular formula is C13H9Cl2NO4S. The van der Waals surface area contributed by atoms with E-state index in [1.807, 2.05) is 0 Å². The van der Waals surface area contributed by atoms with Crippen LogP contribution in [0.1, 0.15) is 10.4 Å². The largest absolute Gasteiger partial charge is 0.478 e. The van der Waals surface area contributed by atoms with E-state index in [2.05, 4.69) is 4.72 Å². The highest BCUT2D eigenvalue weighted by atomic mass is 35.5. The number of halogens is 2. The lowest BCUT2D eigenvalue weighted by molar-refractivity contribution is 0.0697. The van der Waals surface area contributed by atoms with Crippen molar-refractivity contribution in [2.75, 3.05) is 4.72 Å². The molecule has 0 aliphatic rings. The van der Waals surface area contributed by atoms with Crippen LogP contribution >= 0.6 is 23.2 Å². The van der Waals surface area contributed by atoms with Gasteiger partial charge in [0.25, 0.3) is 10.0 Å². The van der Waals surface area contributed by atoms with E-state index in [0.717, 1.165) is 0 Å². The highest BCUT2D eigenvalue weighted by Gasteiger charge is 2.16. The van der Waals surface area contributed by atoms with E-state index in [-0.39, 0.29) is 26.2 Å². The topological polar surface area (TPSA) is 83.5 Å². The summed E-state index contributed by atoms with van der Waals surface area (Å²) in [5.41, 5.74) is 0.116. The first kappa shape index (κ1) is 15.6. The molecule has 0 atom stereocenters. The maximum Gasteiger partial charge on any atom is 0.335 e. The maximum atomic E-state index is 12.2. The molecule has 0 amide bonds. The molecule has 5 nitrogen and oxygen atoms in total. The van der Waals surface area contributed by atoms with Crippen LogP contribution in [-0.4, -0.2) is 19.5 Å².